The molecule has 0 saturated carbocycles. The lowest BCUT2D eigenvalue weighted by atomic mass is 10.2. The van der Waals surface area contributed by atoms with E-state index in [1.165, 1.54) is 12.5 Å². The van der Waals surface area contributed by atoms with E-state index >= 15 is 0 Å². The molecule has 1 fully saturated rings. The highest BCUT2D eigenvalue weighted by molar-refractivity contribution is 5.91. The van der Waals surface area contributed by atoms with Crippen molar-refractivity contribution in [2.24, 2.45) is 0 Å². The van der Waals surface area contributed by atoms with Gasteiger partial charge >= 0.3 is 0 Å². The summed E-state index contributed by atoms with van der Waals surface area (Å²) in [7, 11) is 1.59. The molecule has 0 spiro atoms. The molecule has 1 aromatic heterocycles. The fourth-order valence-electron chi connectivity index (χ4n) is 1.90. The quantitative estimate of drug-likeness (QED) is 0.698. The van der Waals surface area contributed by atoms with E-state index in [1.54, 1.807) is 12.0 Å². The van der Waals surface area contributed by atoms with Crippen molar-refractivity contribution in [3.8, 4) is 0 Å². The molecule has 2 rings (SSSR count). The van der Waals surface area contributed by atoms with Gasteiger partial charge in [-0.3, -0.25) is 9.59 Å². The van der Waals surface area contributed by atoms with Crippen molar-refractivity contribution in [3.63, 3.8) is 0 Å². The van der Waals surface area contributed by atoms with Crippen LogP contribution in [0.1, 0.15) is 10.5 Å². The lowest BCUT2D eigenvalue weighted by molar-refractivity contribution is -0.149. The Bertz CT molecular complexity index is 448. The Hall–Kier alpha value is -1.93. The molecule has 2 N–H and O–H groups in total. The maximum absolute atomic E-state index is 11.7. The minimum absolute atomic E-state index is 0.0360. The first-order chi connectivity index (χ1) is 9.70. The maximum Gasteiger partial charge on any atom is 0.269 e. The van der Waals surface area contributed by atoms with Crippen LogP contribution in [0, 0.1) is 0 Å². The molecule has 1 unspecified atom stereocenters. The van der Waals surface area contributed by atoms with E-state index in [-0.39, 0.29) is 24.5 Å². The van der Waals surface area contributed by atoms with E-state index in [1.807, 2.05) is 0 Å². The minimum Gasteiger partial charge on any atom is -0.383 e. The highest BCUT2D eigenvalue weighted by atomic mass is 16.5. The lowest BCUT2D eigenvalue weighted by Crippen LogP contribution is -2.51. The average molecular weight is 282 g/mol. The van der Waals surface area contributed by atoms with Gasteiger partial charge < -0.3 is 24.7 Å². The summed E-state index contributed by atoms with van der Waals surface area (Å²) in [5, 5.41) is 2.74. The molecule has 1 atom stereocenters. The van der Waals surface area contributed by atoms with Gasteiger partial charge in [-0.2, -0.15) is 0 Å². The molecule has 2 amide bonds. The van der Waals surface area contributed by atoms with Crippen LogP contribution in [-0.2, 0) is 14.3 Å². The number of nitrogens with zero attached hydrogens (tertiary/aromatic N) is 2. The molecule has 1 saturated heterocycles. The van der Waals surface area contributed by atoms with Crippen LogP contribution in [0.3, 0.4) is 0 Å². The van der Waals surface area contributed by atoms with Crippen molar-refractivity contribution < 1.29 is 19.1 Å². The second-order valence-corrected chi connectivity index (χ2v) is 4.44. The first kappa shape index (κ1) is 14.5. The summed E-state index contributed by atoms with van der Waals surface area (Å²) in [6, 6.07) is 0. The van der Waals surface area contributed by atoms with Crippen LogP contribution < -0.4 is 5.32 Å². The average Bonchev–Trinajstić information content (AvgIpc) is 2.99. The zero-order valence-corrected chi connectivity index (χ0v) is 11.3. The fourth-order valence-corrected chi connectivity index (χ4v) is 1.90. The molecule has 110 valence electrons. The topological polar surface area (TPSA) is 96.6 Å². The standard InChI is InChI=1S/C12H18N4O4/c1-19-3-2-16-6-9(20-7-11(16)17)4-14-12(18)10-5-13-8-15-10/h5,8-9H,2-4,6-7H2,1H3,(H,13,15)(H,14,18). The molecular formula is C12H18N4O4. The third-order valence-corrected chi connectivity index (χ3v) is 3.02. The van der Waals surface area contributed by atoms with E-state index in [4.69, 9.17) is 9.47 Å². The molecule has 0 aromatic carbocycles. The molecule has 20 heavy (non-hydrogen) atoms. The van der Waals surface area contributed by atoms with Gasteiger partial charge in [-0.15, -0.1) is 0 Å². The van der Waals surface area contributed by atoms with Gasteiger partial charge in [0.2, 0.25) is 5.91 Å². The summed E-state index contributed by atoms with van der Waals surface area (Å²) in [5.74, 6) is -0.301. The zero-order chi connectivity index (χ0) is 14.4. The number of carbonyl (C=O) groups is 2. The lowest BCUT2D eigenvalue weighted by Gasteiger charge is -2.32. The van der Waals surface area contributed by atoms with Crippen LogP contribution in [0.15, 0.2) is 12.5 Å². The highest BCUT2D eigenvalue weighted by Crippen LogP contribution is 2.06. The summed E-state index contributed by atoms with van der Waals surface area (Å²) in [4.78, 5) is 31.5. The van der Waals surface area contributed by atoms with Crippen molar-refractivity contribution in [2.75, 3.05) is 40.0 Å². The smallest absolute Gasteiger partial charge is 0.269 e. The molecule has 1 aliphatic heterocycles. The van der Waals surface area contributed by atoms with E-state index in [0.717, 1.165) is 0 Å². The number of carbonyl (C=O) groups excluding carboxylic acids is 2. The number of H-pyrrole nitrogens is 1. The molecule has 8 nitrogen and oxygen atoms in total. The second kappa shape index (κ2) is 7.01. The van der Waals surface area contributed by atoms with Crippen molar-refractivity contribution in [3.05, 3.63) is 18.2 Å². The Kier molecular flexibility index (Phi) is 5.08. The van der Waals surface area contributed by atoms with Crippen LogP contribution in [0.2, 0.25) is 0 Å². The van der Waals surface area contributed by atoms with Gasteiger partial charge in [0.1, 0.15) is 12.3 Å². The normalized spacial score (nSPS) is 19.1. The number of hydrogen-bond acceptors (Lipinski definition) is 5. The molecule has 0 bridgehead atoms. The summed E-state index contributed by atoms with van der Waals surface area (Å²) in [6.07, 6.45) is 2.68. The SMILES string of the molecule is COCCN1CC(CNC(=O)c2cnc[nH]2)OCC1=O. The van der Waals surface area contributed by atoms with Gasteiger partial charge in [0.05, 0.1) is 25.2 Å². The molecule has 2 heterocycles. The Morgan fingerprint density at radius 3 is 3.25 bits per heavy atom. The summed E-state index contributed by atoms with van der Waals surface area (Å²) in [6.45, 7) is 1.84. The van der Waals surface area contributed by atoms with Crippen molar-refractivity contribution in [1.82, 2.24) is 20.2 Å². The predicted octanol–water partition coefficient (Wildman–Crippen LogP) is -0.987. The molecule has 8 heteroatoms. The maximum atomic E-state index is 11.7. The third-order valence-electron chi connectivity index (χ3n) is 3.02. The number of aromatic nitrogens is 2. The first-order valence-electron chi connectivity index (χ1n) is 6.35. The van der Waals surface area contributed by atoms with Gasteiger partial charge in [0.25, 0.3) is 5.91 Å². The zero-order valence-electron chi connectivity index (χ0n) is 11.3. The number of aromatic amines is 1. The third kappa shape index (κ3) is 3.78. The summed E-state index contributed by atoms with van der Waals surface area (Å²) < 4.78 is 10.4. The van der Waals surface area contributed by atoms with Crippen LogP contribution >= 0.6 is 0 Å². The van der Waals surface area contributed by atoms with Crippen LogP contribution in [0.5, 0.6) is 0 Å². The predicted molar refractivity (Wildman–Crippen MR) is 69.1 cm³/mol. The number of amides is 2. The molecule has 1 aromatic rings. The minimum atomic E-state index is -0.244. The Labute approximate surface area is 116 Å². The number of imidazole rings is 1. The number of rotatable bonds is 6. The van der Waals surface area contributed by atoms with E-state index in [0.29, 0.717) is 31.9 Å². The Morgan fingerprint density at radius 2 is 2.55 bits per heavy atom. The molecule has 0 aliphatic carbocycles. The number of hydrogen-bond donors (Lipinski definition) is 2. The number of methoxy groups -OCH3 is 1. The number of ether oxygens (including phenoxy) is 2. The van der Waals surface area contributed by atoms with Crippen LogP contribution in [0.4, 0.5) is 0 Å². The van der Waals surface area contributed by atoms with Gasteiger partial charge in [0.15, 0.2) is 0 Å². The van der Waals surface area contributed by atoms with Crippen LogP contribution in [-0.4, -0.2) is 72.7 Å². The van der Waals surface area contributed by atoms with E-state index < -0.39 is 0 Å². The van der Waals surface area contributed by atoms with E-state index in [9.17, 15) is 9.59 Å². The van der Waals surface area contributed by atoms with Gasteiger partial charge in [-0.25, -0.2) is 4.98 Å². The molecule has 0 radical (unpaired) electrons. The Balaban J connectivity index is 1.78. The monoisotopic (exact) mass is 282 g/mol. The van der Waals surface area contributed by atoms with Crippen LogP contribution in [0.25, 0.3) is 0 Å². The number of morpholine rings is 1. The summed E-state index contributed by atoms with van der Waals surface area (Å²) >= 11 is 0. The van der Waals surface area contributed by atoms with E-state index in [2.05, 4.69) is 15.3 Å². The second-order valence-electron chi connectivity index (χ2n) is 4.44. The molecule has 1 aliphatic rings. The highest BCUT2D eigenvalue weighted by Gasteiger charge is 2.26. The first-order valence-corrected chi connectivity index (χ1v) is 6.35. The van der Waals surface area contributed by atoms with Gasteiger partial charge in [-0.05, 0) is 0 Å². The summed E-state index contributed by atoms with van der Waals surface area (Å²) in [5.41, 5.74) is 0.396. The van der Waals surface area contributed by atoms with Gasteiger partial charge in [0, 0.05) is 26.7 Å². The largest absolute Gasteiger partial charge is 0.383 e. The van der Waals surface area contributed by atoms with Crippen molar-refractivity contribution in [2.45, 2.75) is 6.10 Å². The van der Waals surface area contributed by atoms with Crippen molar-refractivity contribution >= 4 is 11.8 Å². The van der Waals surface area contributed by atoms with Crippen molar-refractivity contribution in [1.29, 1.82) is 0 Å². The fraction of sp³-hybridized carbons (Fsp3) is 0.583. The number of nitrogens with one attached hydrogen (secondary N) is 2. The van der Waals surface area contributed by atoms with Gasteiger partial charge in [-0.1, -0.05) is 0 Å². The Morgan fingerprint density at radius 1 is 1.70 bits per heavy atom. The molecular weight excluding hydrogens is 264 g/mol.